The number of amides is 1. The Morgan fingerprint density at radius 2 is 1.96 bits per heavy atom. The molecule has 0 saturated heterocycles. The second-order valence-corrected chi connectivity index (χ2v) is 5.39. The minimum absolute atomic E-state index is 0.240. The summed E-state index contributed by atoms with van der Waals surface area (Å²) in [6, 6.07) is 14.7. The summed E-state index contributed by atoms with van der Waals surface area (Å²) in [5.41, 5.74) is 1.25. The number of aromatic nitrogens is 2. The normalized spacial score (nSPS) is 11.9. The van der Waals surface area contributed by atoms with Crippen LogP contribution in [0.3, 0.4) is 0 Å². The average molecular weight is 325 g/mol. The first-order chi connectivity index (χ1) is 11.6. The van der Waals surface area contributed by atoms with Gasteiger partial charge in [-0.05, 0) is 23.8 Å². The lowest BCUT2D eigenvalue weighted by atomic mass is 10.1. The van der Waals surface area contributed by atoms with Crippen LogP contribution in [0.1, 0.15) is 33.7 Å². The molecule has 1 aromatic heterocycles. The van der Waals surface area contributed by atoms with Gasteiger partial charge in [0.2, 0.25) is 11.8 Å². The highest BCUT2D eigenvalue weighted by Crippen LogP contribution is 2.18. The summed E-state index contributed by atoms with van der Waals surface area (Å²) in [5, 5.41) is 10.7. The fourth-order valence-electron chi connectivity index (χ4n) is 2.37. The molecular weight excluding hydrogens is 309 g/mol. The molecule has 2 aromatic carbocycles. The summed E-state index contributed by atoms with van der Waals surface area (Å²) in [6.45, 7) is 1.68. The standard InChI is InChI=1S/C18H16FN3O2/c1-12-21-22-18(24-12)16(10-13-6-3-2-4-7-13)20-17(23)14-8-5-9-15(19)11-14/h2-9,11,16H,10H2,1H3,(H,20,23). The maximum absolute atomic E-state index is 13.3. The van der Waals surface area contributed by atoms with Crippen molar-refractivity contribution in [3.8, 4) is 0 Å². The molecule has 1 N–H and O–H groups in total. The molecule has 0 fully saturated rings. The molecule has 1 atom stereocenters. The van der Waals surface area contributed by atoms with E-state index in [1.165, 1.54) is 18.2 Å². The van der Waals surface area contributed by atoms with Crippen LogP contribution in [0.25, 0.3) is 0 Å². The predicted octanol–water partition coefficient (Wildman–Crippen LogP) is 3.23. The number of hydrogen-bond donors (Lipinski definition) is 1. The van der Waals surface area contributed by atoms with Crippen molar-refractivity contribution in [1.82, 2.24) is 15.5 Å². The Hall–Kier alpha value is -3.02. The number of hydrogen-bond acceptors (Lipinski definition) is 4. The van der Waals surface area contributed by atoms with E-state index in [1.807, 2.05) is 30.3 Å². The zero-order chi connectivity index (χ0) is 16.9. The van der Waals surface area contributed by atoms with Crippen LogP contribution >= 0.6 is 0 Å². The van der Waals surface area contributed by atoms with E-state index in [2.05, 4.69) is 15.5 Å². The Morgan fingerprint density at radius 1 is 1.17 bits per heavy atom. The maximum Gasteiger partial charge on any atom is 0.252 e. The first-order valence-corrected chi connectivity index (χ1v) is 7.52. The van der Waals surface area contributed by atoms with Crippen LogP contribution < -0.4 is 5.32 Å². The van der Waals surface area contributed by atoms with Gasteiger partial charge in [0, 0.05) is 18.9 Å². The van der Waals surface area contributed by atoms with Crippen LogP contribution in [0.15, 0.2) is 59.0 Å². The van der Waals surface area contributed by atoms with Crippen molar-refractivity contribution in [1.29, 1.82) is 0 Å². The molecule has 0 spiro atoms. The van der Waals surface area contributed by atoms with Gasteiger partial charge in [0.05, 0.1) is 0 Å². The van der Waals surface area contributed by atoms with E-state index in [9.17, 15) is 9.18 Å². The zero-order valence-electron chi connectivity index (χ0n) is 13.1. The van der Waals surface area contributed by atoms with Gasteiger partial charge < -0.3 is 9.73 Å². The molecule has 6 heteroatoms. The molecule has 0 aliphatic heterocycles. The summed E-state index contributed by atoms with van der Waals surface area (Å²) < 4.78 is 18.8. The smallest absolute Gasteiger partial charge is 0.252 e. The van der Waals surface area contributed by atoms with Crippen molar-refractivity contribution in [3.63, 3.8) is 0 Å². The van der Waals surface area contributed by atoms with Gasteiger partial charge in [0.25, 0.3) is 5.91 Å². The minimum Gasteiger partial charge on any atom is -0.423 e. The molecule has 122 valence electrons. The third-order valence-corrected chi connectivity index (χ3v) is 3.51. The topological polar surface area (TPSA) is 68.0 Å². The molecule has 0 saturated carbocycles. The molecule has 0 aliphatic rings. The Bertz CT molecular complexity index is 833. The highest BCUT2D eigenvalue weighted by molar-refractivity contribution is 5.94. The van der Waals surface area contributed by atoms with Crippen molar-refractivity contribution in [2.24, 2.45) is 0 Å². The van der Waals surface area contributed by atoms with Crippen LogP contribution in [0, 0.1) is 12.7 Å². The molecule has 0 aliphatic carbocycles. The van der Waals surface area contributed by atoms with E-state index in [0.717, 1.165) is 5.56 Å². The molecule has 5 nitrogen and oxygen atoms in total. The number of carbonyl (C=O) groups is 1. The van der Waals surface area contributed by atoms with Crippen LogP contribution in [0.4, 0.5) is 4.39 Å². The predicted molar refractivity (Wildman–Crippen MR) is 85.8 cm³/mol. The fourth-order valence-corrected chi connectivity index (χ4v) is 2.37. The van der Waals surface area contributed by atoms with E-state index in [1.54, 1.807) is 13.0 Å². The van der Waals surface area contributed by atoms with Crippen molar-refractivity contribution in [2.75, 3.05) is 0 Å². The third-order valence-electron chi connectivity index (χ3n) is 3.51. The zero-order valence-corrected chi connectivity index (χ0v) is 13.1. The summed E-state index contributed by atoms with van der Waals surface area (Å²) in [5.74, 6) is -0.119. The van der Waals surface area contributed by atoms with Crippen molar-refractivity contribution < 1.29 is 13.6 Å². The number of aryl methyl sites for hydroxylation is 1. The molecule has 3 rings (SSSR count). The van der Waals surface area contributed by atoms with Crippen molar-refractivity contribution in [2.45, 2.75) is 19.4 Å². The fraction of sp³-hybridized carbons (Fsp3) is 0.167. The molecular formula is C18H16FN3O2. The summed E-state index contributed by atoms with van der Waals surface area (Å²) in [7, 11) is 0. The van der Waals surface area contributed by atoms with E-state index < -0.39 is 17.8 Å². The number of benzene rings is 2. The number of nitrogens with one attached hydrogen (secondary N) is 1. The largest absolute Gasteiger partial charge is 0.423 e. The quantitative estimate of drug-likeness (QED) is 0.782. The Balaban J connectivity index is 1.83. The van der Waals surface area contributed by atoms with Gasteiger partial charge in [-0.1, -0.05) is 36.4 Å². The Kier molecular flexibility index (Phi) is 4.65. The van der Waals surface area contributed by atoms with Gasteiger partial charge in [-0.2, -0.15) is 0 Å². The summed E-state index contributed by atoms with van der Waals surface area (Å²) >= 11 is 0. The highest BCUT2D eigenvalue weighted by Gasteiger charge is 2.21. The van der Waals surface area contributed by atoms with Crippen LogP contribution in [0.5, 0.6) is 0 Å². The van der Waals surface area contributed by atoms with Crippen LogP contribution in [0.2, 0.25) is 0 Å². The highest BCUT2D eigenvalue weighted by atomic mass is 19.1. The second kappa shape index (κ2) is 7.04. The second-order valence-electron chi connectivity index (χ2n) is 5.39. The Morgan fingerprint density at radius 3 is 2.62 bits per heavy atom. The molecule has 24 heavy (non-hydrogen) atoms. The van der Waals surface area contributed by atoms with Gasteiger partial charge >= 0.3 is 0 Å². The van der Waals surface area contributed by atoms with Gasteiger partial charge in [-0.15, -0.1) is 10.2 Å². The summed E-state index contributed by atoms with van der Waals surface area (Å²) in [6.07, 6.45) is 0.490. The van der Waals surface area contributed by atoms with E-state index >= 15 is 0 Å². The third kappa shape index (κ3) is 3.84. The minimum atomic E-state index is -0.496. The lowest BCUT2D eigenvalue weighted by molar-refractivity contribution is 0.0929. The lowest BCUT2D eigenvalue weighted by Crippen LogP contribution is -2.30. The molecule has 1 unspecified atom stereocenters. The SMILES string of the molecule is Cc1nnc(C(Cc2ccccc2)NC(=O)c2cccc(F)c2)o1. The van der Waals surface area contributed by atoms with E-state index in [4.69, 9.17) is 4.42 Å². The van der Waals surface area contributed by atoms with Crippen LogP contribution in [-0.2, 0) is 6.42 Å². The van der Waals surface area contributed by atoms with Gasteiger partial charge in [-0.3, -0.25) is 4.79 Å². The van der Waals surface area contributed by atoms with E-state index in [0.29, 0.717) is 18.2 Å². The number of nitrogens with zero attached hydrogens (tertiary/aromatic N) is 2. The summed E-state index contributed by atoms with van der Waals surface area (Å²) in [4.78, 5) is 12.4. The molecule has 0 bridgehead atoms. The maximum atomic E-state index is 13.3. The monoisotopic (exact) mass is 325 g/mol. The number of carbonyl (C=O) groups excluding carboxylic acids is 1. The first kappa shape index (κ1) is 15.9. The molecule has 1 heterocycles. The Labute approximate surface area is 138 Å². The van der Waals surface area contributed by atoms with Gasteiger partial charge in [-0.25, -0.2) is 4.39 Å². The van der Waals surface area contributed by atoms with E-state index in [-0.39, 0.29) is 5.56 Å². The molecule has 3 aromatic rings. The average Bonchev–Trinajstić information content (AvgIpc) is 3.01. The van der Waals surface area contributed by atoms with Gasteiger partial charge in [0.1, 0.15) is 11.9 Å². The first-order valence-electron chi connectivity index (χ1n) is 7.52. The van der Waals surface area contributed by atoms with Crippen molar-refractivity contribution in [3.05, 3.63) is 83.3 Å². The number of rotatable bonds is 5. The van der Waals surface area contributed by atoms with Crippen LogP contribution in [-0.4, -0.2) is 16.1 Å². The van der Waals surface area contributed by atoms with Gasteiger partial charge in [0.15, 0.2) is 0 Å². The lowest BCUT2D eigenvalue weighted by Gasteiger charge is -2.15. The molecule has 0 radical (unpaired) electrons. The van der Waals surface area contributed by atoms with Crippen molar-refractivity contribution >= 4 is 5.91 Å². The number of halogens is 1. The molecule has 1 amide bonds.